The van der Waals surface area contributed by atoms with Crippen LogP contribution in [0.5, 0.6) is 5.88 Å². The number of pyridine rings is 1. The number of aryl methyl sites for hydroxylation is 1. The van der Waals surface area contributed by atoms with Crippen LogP contribution in [0.3, 0.4) is 0 Å². The molecule has 0 fully saturated rings. The van der Waals surface area contributed by atoms with Crippen molar-refractivity contribution in [3.8, 4) is 11.6 Å². The Kier molecular flexibility index (Phi) is 5.27. The van der Waals surface area contributed by atoms with Gasteiger partial charge in [0.05, 0.1) is 12.8 Å². The predicted octanol–water partition coefficient (Wildman–Crippen LogP) is 3.46. The number of nitrogens with zero attached hydrogens (tertiary/aromatic N) is 3. The summed E-state index contributed by atoms with van der Waals surface area (Å²) in [6.45, 7) is 4.95. The van der Waals surface area contributed by atoms with Crippen LogP contribution in [-0.2, 0) is 13.1 Å². The summed E-state index contributed by atoms with van der Waals surface area (Å²) in [5.74, 6) is -0.683. The number of aromatic nitrogens is 3. The molecule has 0 aliphatic heterocycles. The van der Waals surface area contributed by atoms with Crippen molar-refractivity contribution in [1.29, 1.82) is 0 Å². The molecule has 0 aliphatic carbocycles. The van der Waals surface area contributed by atoms with E-state index in [4.69, 9.17) is 4.74 Å². The molecule has 0 bridgehead atoms. The summed E-state index contributed by atoms with van der Waals surface area (Å²) in [6.07, 6.45) is 1.70. The van der Waals surface area contributed by atoms with Crippen LogP contribution in [0.2, 0.25) is 0 Å². The van der Waals surface area contributed by atoms with Crippen LogP contribution in [0.15, 0.2) is 36.5 Å². The van der Waals surface area contributed by atoms with E-state index in [9.17, 15) is 8.78 Å². The van der Waals surface area contributed by atoms with Gasteiger partial charge in [0.1, 0.15) is 11.5 Å². The molecule has 2 heterocycles. The highest BCUT2D eigenvalue weighted by Gasteiger charge is 2.15. The number of rotatable bonds is 6. The normalized spacial score (nSPS) is 11.0. The molecule has 0 aliphatic rings. The third-order valence-corrected chi connectivity index (χ3v) is 4.22. The fourth-order valence-electron chi connectivity index (χ4n) is 2.82. The van der Waals surface area contributed by atoms with E-state index in [0.29, 0.717) is 19.0 Å². The zero-order chi connectivity index (χ0) is 18.7. The fraction of sp³-hybridized carbons (Fsp3) is 0.263. The minimum absolute atomic E-state index is 0.233. The molecule has 0 saturated heterocycles. The lowest BCUT2D eigenvalue weighted by Gasteiger charge is -2.08. The van der Waals surface area contributed by atoms with Gasteiger partial charge in [-0.2, -0.15) is 5.10 Å². The van der Waals surface area contributed by atoms with Gasteiger partial charge in [0, 0.05) is 42.7 Å². The molecule has 0 spiro atoms. The van der Waals surface area contributed by atoms with Gasteiger partial charge >= 0.3 is 0 Å². The summed E-state index contributed by atoms with van der Waals surface area (Å²) in [4.78, 5) is 4.08. The monoisotopic (exact) mass is 358 g/mol. The van der Waals surface area contributed by atoms with Crippen molar-refractivity contribution < 1.29 is 13.5 Å². The lowest BCUT2D eigenvalue weighted by Crippen LogP contribution is -2.14. The Hall–Kier alpha value is -2.80. The molecule has 1 N–H and O–H groups in total. The van der Waals surface area contributed by atoms with Crippen molar-refractivity contribution in [3.05, 3.63) is 70.7 Å². The molecular formula is C19H20F2N4O. The third kappa shape index (κ3) is 3.72. The minimum Gasteiger partial charge on any atom is -0.481 e. The maximum atomic E-state index is 14.1. The van der Waals surface area contributed by atoms with E-state index in [-0.39, 0.29) is 5.69 Å². The first-order valence-corrected chi connectivity index (χ1v) is 8.19. The molecule has 2 aromatic heterocycles. The van der Waals surface area contributed by atoms with Gasteiger partial charge < -0.3 is 10.1 Å². The van der Waals surface area contributed by atoms with Gasteiger partial charge in [0.2, 0.25) is 5.88 Å². The van der Waals surface area contributed by atoms with E-state index in [1.165, 1.54) is 16.8 Å². The van der Waals surface area contributed by atoms with Crippen LogP contribution in [0.25, 0.3) is 5.69 Å². The minimum atomic E-state index is -0.640. The first kappa shape index (κ1) is 18.0. The van der Waals surface area contributed by atoms with Crippen LogP contribution < -0.4 is 10.1 Å². The van der Waals surface area contributed by atoms with Gasteiger partial charge in [-0.05, 0) is 37.6 Å². The Bertz CT molecular complexity index is 924. The van der Waals surface area contributed by atoms with E-state index >= 15 is 0 Å². The zero-order valence-corrected chi connectivity index (χ0v) is 14.9. The first-order chi connectivity index (χ1) is 12.5. The van der Waals surface area contributed by atoms with Crippen LogP contribution in [-0.4, -0.2) is 21.9 Å². The van der Waals surface area contributed by atoms with Crippen molar-refractivity contribution in [2.24, 2.45) is 0 Å². The molecule has 1 aromatic carbocycles. The molecule has 3 rings (SSSR count). The number of hydrogen-bond donors (Lipinski definition) is 1. The lowest BCUT2D eigenvalue weighted by molar-refractivity contribution is 0.397. The smallest absolute Gasteiger partial charge is 0.213 e. The number of hydrogen-bond acceptors (Lipinski definition) is 4. The van der Waals surface area contributed by atoms with E-state index in [1.807, 2.05) is 26.0 Å². The Labute approximate surface area is 150 Å². The maximum Gasteiger partial charge on any atom is 0.213 e. The van der Waals surface area contributed by atoms with Crippen LogP contribution >= 0.6 is 0 Å². The standard InChI is InChI=1S/C19H20F2N4O/c1-12-16(11-22-10-14-6-7-23-19(8-14)26-3)13(2)25(24-12)18-5-4-15(20)9-17(18)21/h4-9,22H,10-11H2,1-3H3. The summed E-state index contributed by atoms with van der Waals surface area (Å²) in [6, 6.07) is 7.26. The average molecular weight is 358 g/mol. The molecule has 0 atom stereocenters. The lowest BCUT2D eigenvalue weighted by atomic mass is 10.2. The number of methoxy groups -OCH3 is 1. The molecule has 0 saturated carbocycles. The van der Waals surface area contributed by atoms with Gasteiger partial charge in [-0.15, -0.1) is 0 Å². The summed E-state index contributed by atoms with van der Waals surface area (Å²) in [5, 5.41) is 7.76. The molecule has 0 unspecified atom stereocenters. The van der Waals surface area contributed by atoms with Crippen LogP contribution in [0, 0.1) is 25.5 Å². The highest BCUT2D eigenvalue weighted by atomic mass is 19.1. The van der Waals surface area contributed by atoms with Gasteiger partial charge in [-0.3, -0.25) is 0 Å². The van der Waals surface area contributed by atoms with Gasteiger partial charge in [0.25, 0.3) is 0 Å². The number of halogens is 2. The zero-order valence-electron chi connectivity index (χ0n) is 14.9. The number of ether oxygens (including phenoxy) is 1. The van der Waals surface area contributed by atoms with E-state index in [1.54, 1.807) is 13.3 Å². The highest BCUT2D eigenvalue weighted by molar-refractivity contribution is 5.38. The quantitative estimate of drug-likeness (QED) is 0.733. The molecular weight excluding hydrogens is 338 g/mol. The molecule has 7 heteroatoms. The van der Waals surface area contributed by atoms with Crippen LogP contribution in [0.4, 0.5) is 8.78 Å². The molecule has 0 radical (unpaired) electrons. The van der Waals surface area contributed by atoms with E-state index in [0.717, 1.165) is 28.6 Å². The van der Waals surface area contributed by atoms with Crippen molar-refractivity contribution in [2.45, 2.75) is 26.9 Å². The fourth-order valence-corrected chi connectivity index (χ4v) is 2.82. The summed E-state index contributed by atoms with van der Waals surface area (Å²) in [7, 11) is 1.58. The largest absolute Gasteiger partial charge is 0.481 e. The van der Waals surface area contributed by atoms with E-state index in [2.05, 4.69) is 15.4 Å². The average Bonchev–Trinajstić information content (AvgIpc) is 2.90. The van der Waals surface area contributed by atoms with Gasteiger partial charge in [-0.25, -0.2) is 18.4 Å². The SMILES string of the molecule is COc1cc(CNCc2c(C)nn(-c3ccc(F)cc3F)c2C)ccn1. The predicted molar refractivity (Wildman–Crippen MR) is 94.3 cm³/mol. The Morgan fingerprint density at radius 3 is 2.65 bits per heavy atom. The molecule has 26 heavy (non-hydrogen) atoms. The summed E-state index contributed by atoms with van der Waals surface area (Å²) >= 11 is 0. The second kappa shape index (κ2) is 7.61. The Morgan fingerprint density at radius 1 is 1.12 bits per heavy atom. The topological polar surface area (TPSA) is 52.0 Å². The molecule has 5 nitrogen and oxygen atoms in total. The van der Waals surface area contributed by atoms with Crippen molar-refractivity contribution in [2.75, 3.05) is 7.11 Å². The summed E-state index contributed by atoms with van der Waals surface area (Å²) in [5.41, 5.74) is 3.87. The molecule has 136 valence electrons. The second-order valence-corrected chi connectivity index (χ2v) is 5.97. The summed E-state index contributed by atoms with van der Waals surface area (Å²) < 4.78 is 33.8. The van der Waals surface area contributed by atoms with Crippen molar-refractivity contribution >= 4 is 0 Å². The van der Waals surface area contributed by atoms with Crippen molar-refractivity contribution in [3.63, 3.8) is 0 Å². The maximum absolute atomic E-state index is 14.1. The first-order valence-electron chi connectivity index (χ1n) is 8.19. The Balaban J connectivity index is 1.75. The highest BCUT2D eigenvalue weighted by Crippen LogP contribution is 2.21. The molecule has 0 amide bonds. The van der Waals surface area contributed by atoms with Crippen LogP contribution in [0.1, 0.15) is 22.5 Å². The van der Waals surface area contributed by atoms with Gasteiger partial charge in [0.15, 0.2) is 5.82 Å². The van der Waals surface area contributed by atoms with Crippen molar-refractivity contribution in [1.82, 2.24) is 20.1 Å². The second-order valence-electron chi connectivity index (χ2n) is 5.97. The molecule has 3 aromatic rings. The Morgan fingerprint density at radius 2 is 1.92 bits per heavy atom. The third-order valence-electron chi connectivity index (χ3n) is 4.22. The number of benzene rings is 1. The number of nitrogens with one attached hydrogen (secondary N) is 1. The van der Waals surface area contributed by atoms with Gasteiger partial charge in [-0.1, -0.05) is 0 Å². The van der Waals surface area contributed by atoms with E-state index < -0.39 is 11.6 Å².